The highest BCUT2D eigenvalue weighted by Gasteiger charge is 2.28. The highest BCUT2D eigenvalue weighted by molar-refractivity contribution is 5.54. The maximum absolute atomic E-state index is 4.36. The van der Waals surface area contributed by atoms with Crippen molar-refractivity contribution in [3.05, 3.63) is 30.5 Å². The van der Waals surface area contributed by atoms with Crippen molar-refractivity contribution in [2.75, 3.05) is 32.1 Å². The number of hydrogen-bond acceptors (Lipinski definition) is 3. The monoisotopic (exact) mass is 203 g/mol. The molecule has 3 nitrogen and oxygen atoms in total. The Morgan fingerprint density at radius 2 is 2.27 bits per heavy atom. The van der Waals surface area contributed by atoms with E-state index < -0.39 is 0 Å². The van der Waals surface area contributed by atoms with E-state index >= 15 is 0 Å². The Hall–Kier alpha value is -1.35. The second-order valence-corrected chi connectivity index (χ2v) is 4.17. The lowest BCUT2D eigenvalue weighted by molar-refractivity contribution is 0.246. The number of pyridine rings is 1. The molecule has 2 rings (SSSR count). The molecule has 1 aromatic rings. The third kappa shape index (κ3) is 2.02. The molecule has 80 valence electrons. The molecule has 0 saturated carbocycles. The van der Waals surface area contributed by atoms with Gasteiger partial charge in [-0.05, 0) is 31.8 Å². The third-order valence-corrected chi connectivity index (χ3v) is 2.92. The van der Waals surface area contributed by atoms with Crippen LogP contribution in [-0.4, -0.2) is 43.1 Å². The number of likely N-dealkylation sites (N-methyl/N-ethyl adjacent to an activating group) is 1. The van der Waals surface area contributed by atoms with E-state index in [-0.39, 0.29) is 0 Å². The van der Waals surface area contributed by atoms with Gasteiger partial charge in [-0.25, -0.2) is 4.98 Å². The highest BCUT2D eigenvalue weighted by atomic mass is 15.3. The Morgan fingerprint density at radius 3 is 2.87 bits per heavy atom. The van der Waals surface area contributed by atoms with Crippen LogP contribution in [0.2, 0.25) is 0 Å². The zero-order valence-electron chi connectivity index (χ0n) is 9.35. The van der Waals surface area contributed by atoms with E-state index in [0.717, 1.165) is 24.5 Å². The van der Waals surface area contributed by atoms with Crippen LogP contribution < -0.4 is 4.90 Å². The van der Waals surface area contributed by atoms with Crippen LogP contribution >= 0.6 is 0 Å². The minimum atomic E-state index is 0.666. The zero-order chi connectivity index (χ0) is 10.8. The van der Waals surface area contributed by atoms with Crippen molar-refractivity contribution in [2.24, 2.45) is 0 Å². The predicted octanol–water partition coefficient (Wildman–Crippen LogP) is 1.47. The van der Waals surface area contributed by atoms with Gasteiger partial charge in [0.25, 0.3) is 0 Å². The van der Waals surface area contributed by atoms with E-state index in [0.29, 0.717) is 6.04 Å². The molecule has 1 saturated heterocycles. The lowest BCUT2D eigenvalue weighted by Crippen LogP contribution is -2.57. The van der Waals surface area contributed by atoms with E-state index in [1.807, 2.05) is 18.3 Å². The summed E-state index contributed by atoms with van der Waals surface area (Å²) in [5.41, 5.74) is 1.13. The van der Waals surface area contributed by atoms with Crippen LogP contribution in [0.15, 0.2) is 24.9 Å². The van der Waals surface area contributed by atoms with Crippen molar-refractivity contribution in [1.29, 1.82) is 0 Å². The first-order valence-electron chi connectivity index (χ1n) is 5.20. The van der Waals surface area contributed by atoms with Gasteiger partial charge in [-0.2, -0.15) is 0 Å². The summed E-state index contributed by atoms with van der Waals surface area (Å²) in [7, 11) is 4.24. The summed E-state index contributed by atoms with van der Waals surface area (Å²) < 4.78 is 0. The van der Waals surface area contributed by atoms with Gasteiger partial charge < -0.3 is 9.80 Å². The summed E-state index contributed by atoms with van der Waals surface area (Å²) >= 11 is 0. The maximum atomic E-state index is 4.36. The molecule has 0 bridgehead atoms. The first kappa shape index (κ1) is 10.2. The summed E-state index contributed by atoms with van der Waals surface area (Å²) in [5, 5.41) is 0. The van der Waals surface area contributed by atoms with Crippen LogP contribution in [0.4, 0.5) is 5.82 Å². The Bertz CT molecular complexity index is 354. The van der Waals surface area contributed by atoms with Gasteiger partial charge in [0, 0.05) is 25.3 Å². The van der Waals surface area contributed by atoms with E-state index in [1.165, 1.54) is 0 Å². The molecule has 1 fully saturated rings. The largest absolute Gasteiger partial charge is 0.353 e. The zero-order valence-corrected chi connectivity index (χ0v) is 9.35. The molecular formula is C12H17N3. The summed E-state index contributed by atoms with van der Waals surface area (Å²) in [6.45, 7) is 5.90. The number of rotatable bonds is 3. The minimum Gasteiger partial charge on any atom is -0.353 e. The van der Waals surface area contributed by atoms with Crippen molar-refractivity contribution < 1.29 is 0 Å². The van der Waals surface area contributed by atoms with Crippen LogP contribution in [0.3, 0.4) is 0 Å². The van der Waals surface area contributed by atoms with Crippen molar-refractivity contribution in [3.8, 4) is 0 Å². The number of hydrogen-bond donors (Lipinski definition) is 0. The van der Waals surface area contributed by atoms with Crippen molar-refractivity contribution in [1.82, 2.24) is 9.88 Å². The van der Waals surface area contributed by atoms with Gasteiger partial charge in [0.05, 0.1) is 0 Å². The molecule has 0 radical (unpaired) electrons. The Kier molecular flexibility index (Phi) is 2.73. The number of anilines is 1. The molecule has 0 spiro atoms. The van der Waals surface area contributed by atoms with Gasteiger partial charge in [-0.1, -0.05) is 12.7 Å². The Morgan fingerprint density at radius 1 is 1.53 bits per heavy atom. The van der Waals surface area contributed by atoms with Crippen LogP contribution in [0.5, 0.6) is 0 Å². The minimum absolute atomic E-state index is 0.666. The summed E-state index contributed by atoms with van der Waals surface area (Å²) in [6, 6.07) is 4.72. The van der Waals surface area contributed by atoms with Gasteiger partial charge in [0.1, 0.15) is 5.82 Å². The summed E-state index contributed by atoms with van der Waals surface area (Å²) in [5.74, 6) is 1.06. The molecule has 0 aliphatic carbocycles. The smallest absolute Gasteiger partial charge is 0.129 e. The first-order valence-corrected chi connectivity index (χ1v) is 5.20. The number of nitrogens with zero attached hydrogens (tertiary/aromatic N) is 3. The topological polar surface area (TPSA) is 19.4 Å². The van der Waals surface area contributed by atoms with Gasteiger partial charge in [0.2, 0.25) is 0 Å². The molecule has 0 N–H and O–H groups in total. The van der Waals surface area contributed by atoms with E-state index in [9.17, 15) is 0 Å². The predicted molar refractivity (Wildman–Crippen MR) is 64.0 cm³/mol. The second-order valence-electron chi connectivity index (χ2n) is 4.17. The van der Waals surface area contributed by atoms with Crippen molar-refractivity contribution >= 4 is 11.9 Å². The summed E-state index contributed by atoms with van der Waals surface area (Å²) in [4.78, 5) is 8.91. The third-order valence-electron chi connectivity index (χ3n) is 2.92. The quantitative estimate of drug-likeness (QED) is 0.741. The first-order chi connectivity index (χ1) is 7.20. The van der Waals surface area contributed by atoms with Gasteiger partial charge in [-0.3, -0.25) is 0 Å². The van der Waals surface area contributed by atoms with Gasteiger partial charge in [0.15, 0.2) is 0 Å². The van der Waals surface area contributed by atoms with Crippen LogP contribution in [0.1, 0.15) is 5.56 Å². The second kappa shape index (κ2) is 4.03. The Labute approximate surface area is 91.0 Å². The molecule has 1 aliphatic heterocycles. The lowest BCUT2D eigenvalue weighted by Gasteiger charge is -2.43. The Balaban J connectivity index is 2.03. The van der Waals surface area contributed by atoms with E-state index in [2.05, 4.69) is 41.5 Å². The standard InChI is InChI=1S/C12H17N3/c1-4-10-5-6-13-12(7-10)15-8-11(9-15)14(2)3/h4-7,11H,1,8-9H2,2-3H3. The van der Waals surface area contributed by atoms with Crippen LogP contribution in [0.25, 0.3) is 6.08 Å². The SMILES string of the molecule is C=Cc1ccnc(N2CC(N(C)C)C2)c1. The maximum Gasteiger partial charge on any atom is 0.129 e. The average Bonchev–Trinajstić information content (AvgIpc) is 2.15. The molecular weight excluding hydrogens is 186 g/mol. The fraction of sp³-hybridized carbons (Fsp3) is 0.417. The lowest BCUT2D eigenvalue weighted by atomic mass is 10.1. The van der Waals surface area contributed by atoms with Crippen LogP contribution in [0, 0.1) is 0 Å². The average molecular weight is 203 g/mol. The number of aromatic nitrogens is 1. The van der Waals surface area contributed by atoms with Gasteiger partial charge in [-0.15, -0.1) is 0 Å². The van der Waals surface area contributed by atoms with Crippen molar-refractivity contribution in [3.63, 3.8) is 0 Å². The van der Waals surface area contributed by atoms with Crippen LogP contribution in [-0.2, 0) is 0 Å². The molecule has 0 unspecified atom stereocenters. The molecule has 0 aromatic carbocycles. The molecule has 0 atom stereocenters. The summed E-state index contributed by atoms with van der Waals surface area (Å²) in [6.07, 6.45) is 3.70. The fourth-order valence-electron chi connectivity index (χ4n) is 1.70. The molecule has 3 heteroatoms. The molecule has 1 aromatic heterocycles. The molecule has 2 heterocycles. The van der Waals surface area contributed by atoms with E-state index in [4.69, 9.17) is 0 Å². The van der Waals surface area contributed by atoms with Gasteiger partial charge >= 0.3 is 0 Å². The highest BCUT2D eigenvalue weighted by Crippen LogP contribution is 2.21. The molecule has 0 amide bonds. The van der Waals surface area contributed by atoms with Crippen molar-refractivity contribution in [2.45, 2.75) is 6.04 Å². The molecule has 1 aliphatic rings. The normalized spacial score (nSPS) is 16.6. The fourth-order valence-corrected chi connectivity index (χ4v) is 1.70. The van der Waals surface area contributed by atoms with E-state index in [1.54, 1.807) is 0 Å². The molecule has 15 heavy (non-hydrogen) atoms.